The Labute approximate surface area is 195 Å². The summed E-state index contributed by atoms with van der Waals surface area (Å²) in [4.78, 5) is 53.4. The number of carbonyl (C=O) groups excluding carboxylic acids is 2. The van der Waals surface area contributed by atoms with Crippen LogP contribution in [0.2, 0.25) is 0 Å². The Hall–Kier alpha value is -4.24. The van der Waals surface area contributed by atoms with Crippen LogP contribution in [0.5, 0.6) is 11.7 Å². The molecule has 9 heteroatoms. The molecule has 3 atom stereocenters. The number of aliphatic hydroxyl groups excluding tert-OH is 1. The van der Waals surface area contributed by atoms with E-state index in [4.69, 9.17) is 9.15 Å². The maximum atomic E-state index is 14.0. The molecule has 3 unspecified atom stereocenters. The van der Waals surface area contributed by atoms with Crippen LogP contribution in [0.3, 0.4) is 0 Å². The van der Waals surface area contributed by atoms with E-state index in [-0.39, 0.29) is 44.0 Å². The SMILES string of the molecule is Cc1cc(O)c2c3c1C(=O)C1c4c(c(=O)c5coc(O)c6c(=O)cc(C)c4c56)C3(COC2=O)C1O. The maximum Gasteiger partial charge on any atom is 0.342 e. The van der Waals surface area contributed by atoms with E-state index in [1.165, 1.54) is 12.1 Å². The van der Waals surface area contributed by atoms with Gasteiger partial charge in [0, 0.05) is 16.5 Å². The van der Waals surface area contributed by atoms with E-state index in [1.807, 2.05) is 0 Å². The minimum atomic E-state index is -1.60. The van der Waals surface area contributed by atoms with Crippen LogP contribution < -0.4 is 10.9 Å². The Morgan fingerprint density at radius 3 is 2.43 bits per heavy atom. The number of ketones is 1. The van der Waals surface area contributed by atoms with Crippen LogP contribution in [0, 0.1) is 13.8 Å². The molecule has 0 amide bonds. The molecule has 0 fully saturated rings. The van der Waals surface area contributed by atoms with Crippen molar-refractivity contribution in [2.24, 2.45) is 0 Å². The van der Waals surface area contributed by atoms with Crippen LogP contribution in [0.4, 0.5) is 0 Å². The van der Waals surface area contributed by atoms with Crippen molar-refractivity contribution < 1.29 is 34.1 Å². The molecule has 1 aliphatic heterocycles. The number of phenolic OH excluding ortho intramolecular Hbond substituents is 1. The number of cyclic esters (lactones) is 1. The number of benzene rings is 3. The summed E-state index contributed by atoms with van der Waals surface area (Å²) < 4.78 is 10.5. The molecule has 35 heavy (non-hydrogen) atoms. The highest BCUT2D eigenvalue weighted by Gasteiger charge is 2.65. The fraction of sp³-hybridized carbons (Fsp3) is 0.231. The Morgan fingerprint density at radius 2 is 1.69 bits per heavy atom. The van der Waals surface area contributed by atoms with Gasteiger partial charge in [0.15, 0.2) is 16.6 Å². The zero-order valence-corrected chi connectivity index (χ0v) is 18.4. The van der Waals surface area contributed by atoms with Gasteiger partial charge in [-0.1, -0.05) is 0 Å². The quantitative estimate of drug-likeness (QED) is 0.326. The predicted octanol–water partition coefficient (Wildman–Crippen LogP) is 1.88. The van der Waals surface area contributed by atoms with Gasteiger partial charge in [-0.25, -0.2) is 4.79 Å². The fourth-order valence-electron chi connectivity index (χ4n) is 6.69. The lowest BCUT2D eigenvalue weighted by Crippen LogP contribution is -2.53. The first-order valence-corrected chi connectivity index (χ1v) is 11.0. The van der Waals surface area contributed by atoms with E-state index in [2.05, 4.69) is 0 Å². The zero-order valence-electron chi connectivity index (χ0n) is 18.4. The van der Waals surface area contributed by atoms with Crippen molar-refractivity contribution in [1.82, 2.24) is 0 Å². The number of rotatable bonds is 0. The molecule has 3 aliphatic rings. The molecule has 0 saturated heterocycles. The third-order valence-electron chi connectivity index (χ3n) is 7.96. The van der Waals surface area contributed by atoms with Gasteiger partial charge in [0.1, 0.15) is 29.6 Å². The van der Waals surface area contributed by atoms with E-state index in [0.29, 0.717) is 16.5 Å². The largest absolute Gasteiger partial charge is 0.507 e. The summed E-state index contributed by atoms with van der Waals surface area (Å²) >= 11 is 0. The molecule has 1 spiro atoms. The molecule has 9 nitrogen and oxygen atoms in total. The van der Waals surface area contributed by atoms with Crippen LogP contribution in [-0.2, 0) is 10.2 Å². The number of phenols is 1. The summed E-state index contributed by atoms with van der Waals surface area (Å²) in [5.74, 6) is -3.59. The third kappa shape index (κ3) is 1.94. The highest BCUT2D eigenvalue weighted by molar-refractivity contribution is 6.19. The van der Waals surface area contributed by atoms with Gasteiger partial charge in [-0.15, -0.1) is 0 Å². The van der Waals surface area contributed by atoms with Crippen LogP contribution in [0.15, 0.2) is 32.4 Å². The number of fused-ring (bicyclic) bond motifs is 4. The highest BCUT2D eigenvalue weighted by atomic mass is 16.5. The normalized spacial score (nSPS) is 24.1. The average molecular weight is 472 g/mol. The topological polar surface area (TPSA) is 151 Å². The Kier molecular flexibility index (Phi) is 3.38. The van der Waals surface area contributed by atoms with Gasteiger partial charge in [-0.05, 0) is 53.6 Å². The molecule has 4 aromatic rings. The molecule has 174 valence electrons. The van der Waals surface area contributed by atoms with E-state index >= 15 is 0 Å². The number of aliphatic hydroxyl groups is 1. The van der Waals surface area contributed by atoms with Gasteiger partial charge in [0.05, 0.1) is 22.8 Å². The summed E-state index contributed by atoms with van der Waals surface area (Å²) in [6.45, 7) is 2.85. The van der Waals surface area contributed by atoms with Gasteiger partial charge in [0.2, 0.25) is 0 Å². The lowest BCUT2D eigenvalue weighted by Gasteiger charge is -2.43. The summed E-state index contributed by atoms with van der Waals surface area (Å²) in [6, 6.07) is 2.58. The van der Waals surface area contributed by atoms with Crippen molar-refractivity contribution in [1.29, 1.82) is 0 Å². The van der Waals surface area contributed by atoms with E-state index in [0.717, 1.165) is 6.26 Å². The number of hydrogen-bond acceptors (Lipinski definition) is 9. The number of hydrogen-bond donors (Lipinski definition) is 3. The molecular formula is C26H16O9. The molecular weight excluding hydrogens is 456 g/mol. The first kappa shape index (κ1) is 20.2. The molecule has 0 saturated carbocycles. The van der Waals surface area contributed by atoms with Gasteiger partial charge in [-0.2, -0.15) is 0 Å². The maximum absolute atomic E-state index is 14.0. The smallest absolute Gasteiger partial charge is 0.342 e. The van der Waals surface area contributed by atoms with Gasteiger partial charge in [-0.3, -0.25) is 14.4 Å². The molecule has 2 heterocycles. The number of carbonyl (C=O) groups is 2. The Balaban J connectivity index is 1.80. The standard InChI is InChI=1S/C26H16O9/c1-7-3-10(27)15-14-9(5-34-24(15)32)21(29)20-17(12(7)14)18-22(30)13-8(2)4-11(28)16-19(13)26(20,23(18)31)6-35-25(16)33/h3-5,18,23,28,31-32H,6H2,1-2H3. The van der Waals surface area contributed by atoms with Crippen LogP contribution >= 0.6 is 0 Å². The van der Waals surface area contributed by atoms with Crippen molar-refractivity contribution >= 4 is 33.3 Å². The second kappa shape index (κ2) is 5.87. The van der Waals surface area contributed by atoms with Crippen molar-refractivity contribution in [3.63, 3.8) is 0 Å². The van der Waals surface area contributed by atoms with E-state index in [9.17, 15) is 34.5 Å². The van der Waals surface area contributed by atoms with Crippen molar-refractivity contribution in [2.75, 3.05) is 6.61 Å². The molecule has 0 radical (unpaired) electrons. The summed E-state index contributed by atoms with van der Waals surface area (Å²) in [5.41, 5.74) is -1.59. The fourth-order valence-corrected chi connectivity index (χ4v) is 6.69. The number of esters is 1. The Morgan fingerprint density at radius 1 is 0.943 bits per heavy atom. The van der Waals surface area contributed by atoms with Gasteiger partial charge in [0.25, 0.3) is 5.95 Å². The molecule has 3 aromatic carbocycles. The highest BCUT2D eigenvalue weighted by Crippen LogP contribution is 2.60. The van der Waals surface area contributed by atoms with Gasteiger partial charge < -0.3 is 24.5 Å². The molecule has 3 N–H and O–H groups in total. The average Bonchev–Trinajstić information content (AvgIpc) is 2.97. The molecule has 7 rings (SSSR count). The van der Waals surface area contributed by atoms with Crippen LogP contribution in [0.1, 0.15) is 54.5 Å². The number of aromatic hydroxyl groups is 2. The number of Topliss-reactive ketones (excluding diaryl/α,β-unsaturated/α-hetero) is 1. The number of ether oxygens (including phenoxy) is 1. The minimum absolute atomic E-state index is 0.00852. The van der Waals surface area contributed by atoms with Crippen molar-refractivity contribution in [2.45, 2.75) is 31.3 Å². The lowest BCUT2D eigenvalue weighted by molar-refractivity contribution is 0.00751. The van der Waals surface area contributed by atoms with E-state index in [1.54, 1.807) is 13.8 Å². The first-order valence-electron chi connectivity index (χ1n) is 11.0. The molecule has 1 aromatic heterocycles. The minimum Gasteiger partial charge on any atom is -0.507 e. The Bertz CT molecular complexity index is 1850. The van der Waals surface area contributed by atoms with Crippen molar-refractivity contribution in [3.8, 4) is 11.7 Å². The predicted molar refractivity (Wildman–Crippen MR) is 121 cm³/mol. The third-order valence-corrected chi connectivity index (χ3v) is 7.96. The van der Waals surface area contributed by atoms with Crippen LogP contribution in [-0.4, -0.2) is 39.8 Å². The number of aryl methyl sites for hydroxylation is 2. The summed E-state index contributed by atoms with van der Waals surface area (Å²) in [7, 11) is 0. The summed E-state index contributed by atoms with van der Waals surface area (Å²) in [5, 5.41) is 33.0. The summed E-state index contributed by atoms with van der Waals surface area (Å²) in [6.07, 6.45) is -0.422. The van der Waals surface area contributed by atoms with Gasteiger partial charge >= 0.3 is 5.97 Å². The van der Waals surface area contributed by atoms with E-state index < -0.39 is 58.3 Å². The first-order chi connectivity index (χ1) is 16.6. The second-order valence-corrected chi connectivity index (χ2v) is 9.56. The zero-order chi connectivity index (χ0) is 24.7. The van der Waals surface area contributed by atoms with Crippen LogP contribution in [0.25, 0.3) is 21.5 Å². The monoisotopic (exact) mass is 472 g/mol. The molecule has 2 bridgehead atoms. The van der Waals surface area contributed by atoms with Crippen molar-refractivity contribution in [3.05, 3.63) is 77.8 Å². The second-order valence-electron chi connectivity index (χ2n) is 9.56. The molecule has 2 aliphatic carbocycles. The lowest BCUT2D eigenvalue weighted by atomic mass is 9.63.